The SMILES string of the molecule is COc1ccc2c(COC(=O)c3cccc(NC(=O)OC(C)(C)C)c3)cc(=O)oc2c1. The second kappa shape index (κ2) is 8.91. The van der Waals surface area contributed by atoms with Crippen LogP contribution in [-0.2, 0) is 16.1 Å². The summed E-state index contributed by atoms with van der Waals surface area (Å²) in [6.45, 7) is 5.13. The van der Waals surface area contributed by atoms with Gasteiger partial charge in [-0.2, -0.15) is 0 Å². The average molecular weight is 425 g/mol. The first kappa shape index (κ1) is 21.9. The maximum absolute atomic E-state index is 12.5. The summed E-state index contributed by atoms with van der Waals surface area (Å²) in [5.74, 6) is -0.0677. The number of fused-ring (bicyclic) bond motifs is 1. The van der Waals surface area contributed by atoms with Gasteiger partial charge in [0.2, 0.25) is 0 Å². The molecule has 0 saturated carbocycles. The molecule has 31 heavy (non-hydrogen) atoms. The molecular weight excluding hydrogens is 402 g/mol. The highest BCUT2D eigenvalue weighted by molar-refractivity contribution is 5.93. The molecule has 3 rings (SSSR count). The highest BCUT2D eigenvalue weighted by Gasteiger charge is 2.17. The fourth-order valence-electron chi connectivity index (χ4n) is 2.83. The minimum atomic E-state index is -0.643. The smallest absolute Gasteiger partial charge is 0.412 e. The molecule has 8 heteroatoms. The molecule has 0 spiro atoms. The Hall–Kier alpha value is -3.81. The van der Waals surface area contributed by atoms with Crippen LogP contribution in [0.4, 0.5) is 10.5 Å². The number of anilines is 1. The molecule has 2 aromatic carbocycles. The van der Waals surface area contributed by atoms with Gasteiger partial charge in [0, 0.05) is 28.8 Å². The Morgan fingerprint density at radius 2 is 1.84 bits per heavy atom. The van der Waals surface area contributed by atoms with Gasteiger partial charge in [-0.1, -0.05) is 6.07 Å². The number of benzene rings is 2. The zero-order chi connectivity index (χ0) is 22.6. The van der Waals surface area contributed by atoms with E-state index in [-0.39, 0.29) is 12.2 Å². The average Bonchev–Trinajstić information content (AvgIpc) is 2.69. The molecule has 162 valence electrons. The summed E-state index contributed by atoms with van der Waals surface area (Å²) in [6.07, 6.45) is -0.629. The summed E-state index contributed by atoms with van der Waals surface area (Å²) in [4.78, 5) is 36.3. The van der Waals surface area contributed by atoms with E-state index >= 15 is 0 Å². The Balaban J connectivity index is 1.73. The minimum absolute atomic E-state index is 0.128. The molecule has 0 aliphatic rings. The van der Waals surface area contributed by atoms with Gasteiger partial charge < -0.3 is 18.6 Å². The molecule has 1 N–H and O–H groups in total. The number of carbonyl (C=O) groups is 2. The lowest BCUT2D eigenvalue weighted by Crippen LogP contribution is -2.27. The van der Waals surface area contributed by atoms with Crippen molar-refractivity contribution in [2.45, 2.75) is 33.0 Å². The van der Waals surface area contributed by atoms with Crippen molar-refractivity contribution in [1.29, 1.82) is 0 Å². The molecule has 0 atom stereocenters. The number of nitrogens with one attached hydrogen (secondary N) is 1. The molecule has 0 radical (unpaired) electrons. The number of ether oxygens (including phenoxy) is 3. The summed E-state index contributed by atoms with van der Waals surface area (Å²) in [7, 11) is 1.51. The predicted molar refractivity (Wildman–Crippen MR) is 114 cm³/mol. The third kappa shape index (κ3) is 5.85. The van der Waals surface area contributed by atoms with Crippen molar-refractivity contribution < 1.29 is 28.2 Å². The molecule has 0 fully saturated rings. The summed E-state index contributed by atoms with van der Waals surface area (Å²) >= 11 is 0. The number of carbonyl (C=O) groups excluding carboxylic acids is 2. The number of hydrogen-bond acceptors (Lipinski definition) is 7. The lowest BCUT2D eigenvalue weighted by molar-refractivity contribution is 0.0473. The first-order chi connectivity index (χ1) is 14.6. The molecule has 1 heterocycles. The number of hydrogen-bond donors (Lipinski definition) is 1. The number of rotatable bonds is 5. The predicted octanol–water partition coefficient (Wildman–Crippen LogP) is 4.51. The molecule has 1 aromatic heterocycles. The van der Waals surface area contributed by atoms with Crippen LogP contribution in [0.5, 0.6) is 5.75 Å². The van der Waals surface area contributed by atoms with Crippen LogP contribution in [0.25, 0.3) is 11.0 Å². The molecule has 3 aromatic rings. The Labute approximate surface area is 178 Å². The fraction of sp³-hybridized carbons (Fsp3) is 0.261. The lowest BCUT2D eigenvalue weighted by Gasteiger charge is -2.19. The highest BCUT2D eigenvalue weighted by Crippen LogP contribution is 2.23. The van der Waals surface area contributed by atoms with E-state index < -0.39 is 23.3 Å². The van der Waals surface area contributed by atoms with Gasteiger partial charge in [0.05, 0.1) is 12.7 Å². The van der Waals surface area contributed by atoms with Crippen molar-refractivity contribution in [2.75, 3.05) is 12.4 Å². The lowest BCUT2D eigenvalue weighted by atomic mass is 10.1. The second-order valence-electron chi connectivity index (χ2n) is 7.74. The molecule has 8 nitrogen and oxygen atoms in total. The number of amides is 1. The van der Waals surface area contributed by atoms with Crippen molar-refractivity contribution >= 4 is 28.7 Å². The topological polar surface area (TPSA) is 104 Å². The van der Waals surface area contributed by atoms with Gasteiger partial charge in [0.1, 0.15) is 23.5 Å². The van der Waals surface area contributed by atoms with E-state index in [0.717, 1.165) is 0 Å². The molecule has 0 bridgehead atoms. The van der Waals surface area contributed by atoms with E-state index in [1.165, 1.54) is 19.2 Å². The first-order valence-corrected chi connectivity index (χ1v) is 9.52. The standard InChI is InChI=1S/C23H23NO7/c1-23(2,3)31-22(27)24-16-7-5-6-14(10-16)21(26)29-13-15-11-20(25)30-19-12-17(28-4)8-9-18(15)19/h5-12H,13H2,1-4H3,(H,24,27). The monoisotopic (exact) mass is 425 g/mol. The van der Waals surface area contributed by atoms with Crippen LogP contribution in [0.3, 0.4) is 0 Å². The van der Waals surface area contributed by atoms with Crippen LogP contribution in [-0.4, -0.2) is 24.8 Å². The Kier molecular flexibility index (Phi) is 6.29. The molecule has 0 saturated heterocycles. The summed E-state index contributed by atoms with van der Waals surface area (Å²) in [5, 5.41) is 3.21. The van der Waals surface area contributed by atoms with E-state index in [1.807, 2.05) is 0 Å². The third-order valence-corrected chi connectivity index (χ3v) is 4.14. The Bertz CT molecular complexity index is 1170. The zero-order valence-electron chi connectivity index (χ0n) is 17.7. The molecule has 1 amide bonds. The molecular formula is C23H23NO7. The van der Waals surface area contributed by atoms with Gasteiger partial charge in [0.25, 0.3) is 0 Å². The van der Waals surface area contributed by atoms with E-state index in [2.05, 4.69) is 5.32 Å². The van der Waals surface area contributed by atoms with E-state index in [9.17, 15) is 14.4 Å². The van der Waals surface area contributed by atoms with Gasteiger partial charge in [-0.25, -0.2) is 14.4 Å². The van der Waals surface area contributed by atoms with Crippen LogP contribution < -0.4 is 15.7 Å². The van der Waals surface area contributed by atoms with Crippen LogP contribution >= 0.6 is 0 Å². The summed E-state index contributed by atoms with van der Waals surface area (Å²) in [5.41, 5.74) is 0.265. The molecule has 0 aliphatic carbocycles. The van der Waals surface area contributed by atoms with Crippen molar-refractivity contribution in [3.05, 3.63) is 70.1 Å². The maximum atomic E-state index is 12.5. The minimum Gasteiger partial charge on any atom is -0.497 e. The normalized spacial score (nSPS) is 11.1. The maximum Gasteiger partial charge on any atom is 0.412 e. The van der Waals surface area contributed by atoms with Gasteiger partial charge in [-0.05, 0) is 51.1 Å². The largest absolute Gasteiger partial charge is 0.497 e. The Morgan fingerprint density at radius 3 is 2.55 bits per heavy atom. The van der Waals surface area contributed by atoms with Crippen LogP contribution in [0.2, 0.25) is 0 Å². The van der Waals surface area contributed by atoms with Gasteiger partial charge in [-0.3, -0.25) is 5.32 Å². The number of esters is 1. The quantitative estimate of drug-likeness (QED) is 0.474. The van der Waals surface area contributed by atoms with Crippen LogP contribution in [0.15, 0.2) is 57.7 Å². The van der Waals surface area contributed by atoms with Crippen LogP contribution in [0, 0.1) is 0 Å². The first-order valence-electron chi connectivity index (χ1n) is 9.52. The summed E-state index contributed by atoms with van der Waals surface area (Å²) < 4.78 is 20.9. The van der Waals surface area contributed by atoms with Gasteiger partial charge in [0.15, 0.2) is 0 Å². The Morgan fingerprint density at radius 1 is 1.06 bits per heavy atom. The van der Waals surface area contributed by atoms with Crippen molar-refractivity contribution in [3.8, 4) is 5.75 Å². The van der Waals surface area contributed by atoms with Crippen LogP contribution in [0.1, 0.15) is 36.7 Å². The van der Waals surface area contributed by atoms with Crippen molar-refractivity contribution in [3.63, 3.8) is 0 Å². The molecule has 0 aliphatic heterocycles. The highest BCUT2D eigenvalue weighted by atomic mass is 16.6. The number of methoxy groups -OCH3 is 1. The van der Waals surface area contributed by atoms with E-state index in [1.54, 1.807) is 57.2 Å². The van der Waals surface area contributed by atoms with Crippen molar-refractivity contribution in [1.82, 2.24) is 0 Å². The van der Waals surface area contributed by atoms with Gasteiger partial charge in [-0.15, -0.1) is 0 Å². The van der Waals surface area contributed by atoms with E-state index in [4.69, 9.17) is 18.6 Å². The zero-order valence-corrected chi connectivity index (χ0v) is 17.7. The van der Waals surface area contributed by atoms with Crippen molar-refractivity contribution in [2.24, 2.45) is 0 Å². The second-order valence-corrected chi connectivity index (χ2v) is 7.74. The van der Waals surface area contributed by atoms with E-state index in [0.29, 0.717) is 28.0 Å². The third-order valence-electron chi connectivity index (χ3n) is 4.14. The summed E-state index contributed by atoms with van der Waals surface area (Å²) in [6, 6.07) is 12.6. The van der Waals surface area contributed by atoms with Gasteiger partial charge >= 0.3 is 17.7 Å². The fourth-order valence-corrected chi connectivity index (χ4v) is 2.83. The molecule has 0 unspecified atom stereocenters.